The Hall–Kier alpha value is -3.97. The molecule has 0 fully saturated rings. The first-order valence-corrected chi connectivity index (χ1v) is 10.1. The lowest BCUT2D eigenvalue weighted by Gasteiger charge is -2.09. The van der Waals surface area contributed by atoms with Gasteiger partial charge in [-0.1, -0.05) is 18.2 Å². The predicted molar refractivity (Wildman–Crippen MR) is 118 cm³/mol. The molecule has 30 heavy (non-hydrogen) atoms. The summed E-state index contributed by atoms with van der Waals surface area (Å²) in [5, 5.41) is 6.15. The van der Waals surface area contributed by atoms with Crippen LogP contribution in [0.25, 0.3) is 33.4 Å². The van der Waals surface area contributed by atoms with Crippen molar-refractivity contribution >= 4 is 33.3 Å². The number of nitrogens with one attached hydrogen (secondary N) is 1. The highest BCUT2D eigenvalue weighted by Crippen LogP contribution is 2.27. The van der Waals surface area contributed by atoms with E-state index >= 15 is 0 Å². The molecule has 4 aromatic heterocycles. The van der Waals surface area contributed by atoms with Crippen LogP contribution in [-0.4, -0.2) is 25.8 Å². The van der Waals surface area contributed by atoms with E-state index in [0.29, 0.717) is 10.7 Å². The Morgan fingerprint density at radius 2 is 1.70 bits per heavy atom. The third kappa shape index (κ3) is 3.54. The topological polar surface area (TPSA) is 80.7 Å². The standard InChI is InChI=1S/C23H15N5OS/c29-22(28-23-27-21(14-30-23)16-4-3-9-25-13-16)18-12-20(15-7-10-24-11-8-15)26-19-6-2-1-5-17(18)19/h1-14H,(H,27,28,29). The molecule has 144 valence electrons. The number of pyridine rings is 3. The molecule has 1 N–H and O–H groups in total. The number of carbonyl (C=O) groups is 1. The van der Waals surface area contributed by atoms with Crippen LogP contribution >= 0.6 is 11.3 Å². The van der Waals surface area contributed by atoms with Gasteiger partial charge in [-0.15, -0.1) is 11.3 Å². The molecule has 0 bridgehead atoms. The van der Waals surface area contributed by atoms with E-state index in [1.54, 1.807) is 24.8 Å². The van der Waals surface area contributed by atoms with Crippen LogP contribution < -0.4 is 5.32 Å². The van der Waals surface area contributed by atoms with Crippen molar-refractivity contribution in [3.05, 3.63) is 90.3 Å². The zero-order valence-electron chi connectivity index (χ0n) is 15.7. The number of carbonyl (C=O) groups excluding carboxylic acids is 1. The zero-order valence-corrected chi connectivity index (χ0v) is 16.5. The number of para-hydroxylation sites is 1. The quantitative estimate of drug-likeness (QED) is 0.448. The molecular weight excluding hydrogens is 394 g/mol. The van der Waals surface area contributed by atoms with Gasteiger partial charge in [-0.25, -0.2) is 9.97 Å². The monoisotopic (exact) mass is 409 g/mol. The van der Waals surface area contributed by atoms with Gasteiger partial charge in [-0.3, -0.25) is 20.1 Å². The zero-order chi connectivity index (χ0) is 20.3. The molecule has 6 nitrogen and oxygen atoms in total. The largest absolute Gasteiger partial charge is 0.298 e. The molecular formula is C23H15N5OS. The minimum Gasteiger partial charge on any atom is -0.298 e. The summed E-state index contributed by atoms with van der Waals surface area (Å²) < 4.78 is 0. The van der Waals surface area contributed by atoms with Gasteiger partial charge in [0.25, 0.3) is 5.91 Å². The second-order valence-corrected chi connectivity index (χ2v) is 7.40. The van der Waals surface area contributed by atoms with Crippen LogP contribution in [0, 0.1) is 0 Å². The lowest BCUT2D eigenvalue weighted by Crippen LogP contribution is -2.13. The summed E-state index contributed by atoms with van der Waals surface area (Å²) >= 11 is 1.38. The van der Waals surface area contributed by atoms with E-state index in [-0.39, 0.29) is 5.91 Å². The summed E-state index contributed by atoms with van der Waals surface area (Å²) in [5.74, 6) is -0.226. The maximum atomic E-state index is 13.2. The van der Waals surface area contributed by atoms with Gasteiger partial charge >= 0.3 is 0 Å². The summed E-state index contributed by atoms with van der Waals surface area (Å²) in [5.41, 5.74) is 4.61. The fourth-order valence-corrected chi connectivity index (χ4v) is 3.89. The fourth-order valence-electron chi connectivity index (χ4n) is 3.18. The first kappa shape index (κ1) is 18.1. The van der Waals surface area contributed by atoms with E-state index in [1.807, 2.05) is 60.0 Å². The summed E-state index contributed by atoms with van der Waals surface area (Å²) in [7, 11) is 0. The highest BCUT2D eigenvalue weighted by atomic mass is 32.1. The third-order valence-electron chi connectivity index (χ3n) is 4.62. The van der Waals surface area contributed by atoms with Crippen LogP contribution in [0.15, 0.2) is 84.8 Å². The van der Waals surface area contributed by atoms with E-state index in [1.165, 1.54) is 11.3 Å². The number of nitrogens with zero attached hydrogens (tertiary/aromatic N) is 4. The Balaban J connectivity index is 1.51. The van der Waals surface area contributed by atoms with Crippen LogP contribution in [0.3, 0.4) is 0 Å². The minimum absolute atomic E-state index is 0.226. The van der Waals surface area contributed by atoms with Crippen molar-refractivity contribution in [3.63, 3.8) is 0 Å². The van der Waals surface area contributed by atoms with Gasteiger partial charge in [0.1, 0.15) is 0 Å². The molecule has 0 aliphatic carbocycles. The summed E-state index contributed by atoms with van der Waals surface area (Å²) in [6.45, 7) is 0. The molecule has 7 heteroatoms. The normalized spacial score (nSPS) is 10.8. The molecule has 0 saturated carbocycles. The second kappa shape index (κ2) is 7.81. The van der Waals surface area contributed by atoms with Crippen LogP contribution in [0.2, 0.25) is 0 Å². The highest BCUT2D eigenvalue weighted by molar-refractivity contribution is 7.14. The predicted octanol–water partition coefficient (Wildman–Crippen LogP) is 5.07. The van der Waals surface area contributed by atoms with Crippen molar-refractivity contribution in [3.8, 4) is 22.5 Å². The highest BCUT2D eigenvalue weighted by Gasteiger charge is 2.16. The van der Waals surface area contributed by atoms with Crippen molar-refractivity contribution in [2.75, 3.05) is 5.32 Å². The van der Waals surface area contributed by atoms with Crippen LogP contribution in [-0.2, 0) is 0 Å². The van der Waals surface area contributed by atoms with Crippen LogP contribution in [0.4, 0.5) is 5.13 Å². The summed E-state index contributed by atoms with van der Waals surface area (Å²) in [4.78, 5) is 30.6. The van der Waals surface area contributed by atoms with Gasteiger partial charge in [0.05, 0.1) is 22.5 Å². The van der Waals surface area contributed by atoms with Crippen molar-refractivity contribution < 1.29 is 4.79 Å². The fraction of sp³-hybridized carbons (Fsp3) is 0. The van der Waals surface area contributed by atoms with Crippen molar-refractivity contribution in [1.29, 1.82) is 0 Å². The molecule has 0 unspecified atom stereocenters. The van der Waals surface area contributed by atoms with E-state index in [4.69, 9.17) is 4.98 Å². The maximum Gasteiger partial charge on any atom is 0.258 e. The molecule has 5 aromatic rings. The molecule has 1 aromatic carbocycles. The van der Waals surface area contributed by atoms with Gasteiger partial charge in [-0.2, -0.15) is 0 Å². The van der Waals surface area contributed by atoms with Gasteiger partial charge in [0, 0.05) is 46.7 Å². The molecule has 0 saturated heterocycles. The van der Waals surface area contributed by atoms with E-state index in [9.17, 15) is 4.79 Å². The molecule has 0 aliphatic heterocycles. The first-order valence-electron chi connectivity index (χ1n) is 9.25. The summed E-state index contributed by atoms with van der Waals surface area (Å²) in [6.07, 6.45) is 6.88. The van der Waals surface area contributed by atoms with Crippen LogP contribution in [0.5, 0.6) is 0 Å². The van der Waals surface area contributed by atoms with Gasteiger partial charge < -0.3 is 0 Å². The number of thiazole rings is 1. The second-order valence-electron chi connectivity index (χ2n) is 6.54. The SMILES string of the molecule is O=C(Nc1nc(-c2cccnc2)cs1)c1cc(-c2ccncc2)nc2ccccc12. The Morgan fingerprint density at radius 3 is 2.53 bits per heavy atom. The minimum atomic E-state index is -0.226. The molecule has 5 rings (SSSR count). The summed E-state index contributed by atoms with van der Waals surface area (Å²) in [6, 6.07) is 17.0. The Morgan fingerprint density at radius 1 is 0.833 bits per heavy atom. The van der Waals surface area contributed by atoms with E-state index in [0.717, 1.165) is 33.4 Å². The van der Waals surface area contributed by atoms with Gasteiger partial charge in [-0.05, 0) is 36.4 Å². The van der Waals surface area contributed by atoms with E-state index in [2.05, 4.69) is 20.3 Å². The van der Waals surface area contributed by atoms with Crippen molar-refractivity contribution in [1.82, 2.24) is 19.9 Å². The Bertz CT molecular complexity index is 1340. The number of benzene rings is 1. The number of fused-ring (bicyclic) bond motifs is 1. The average Bonchev–Trinajstić information content (AvgIpc) is 3.28. The molecule has 4 heterocycles. The van der Waals surface area contributed by atoms with Gasteiger partial charge in [0.15, 0.2) is 5.13 Å². The number of hydrogen-bond donors (Lipinski definition) is 1. The molecule has 0 aliphatic rings. The molecule has 1 amide bonds. The number of hydrogen-bond acceptors (Lipinski definition) is 6. The molecule has 0 radical (unpaired) electrons. The van der Waals surface area contributed by atoms with Crippen molar-refractivity contribution in [2.45, 2.75) is 0 Å². The van der Waals surface area contributed by atoms with Gasteiger partial charge in [0.2, 0.25) is 0 Å². The molecule has 0 spiro atoms. The third-order valence-corrected chi connectivity index (χ3v) is 5.38. The smallest absolute Gasteiger partial charge is 0.258 e. The molecule has 0 atom stereocenters. The maximum absolute atomic E-state index is 13.2. The Labute approximate surface area is 176 Å². The van der Waals surface area contributed by atoms with Crippen molar-refractivity contribution in [2.24, 2.45) is 0 Å². The van der Waals surface area contributed by atoms with Crippen LogP contribution in [0.1, 0.15) is 10.4 Å². The Kier molecular flexibility index (Phi) is 4.71. The number of anilines is 1. The first-order chi connectivity index (χ1) is 14.8. The number of rotatable bonds is 4. The number of amides is 1. The lowest BCUT2D eigenvalue weighted by molar-refractivity contribution is 0.102. The van der Waals surface area contributed by atoms with E-state index < -0.39 is 0 Å². The number of aromatic nitrogens is 4. The average molecular weight is 409 g/mol. The lowest BCUT2D eigenvalue weighted by atomic mass is 10.0.